The van der Waals surface area contributed by atoms with Crippen molar-refractivity contribution in [1.29, 1.82) is 0 Å². The molecule has 0 radical (unpaired) electrons. The normalized spacial score (nSPS) is 25.7. The molecule has 1 nitrogen and oxygen atoms in total. The number of hydrogen-bond acceptors (Lipinski definition) is 2. The van der Waals surface area contributed by atoms with Crippen LogP contribution in [-0.4, -0.2) is 7.05 Å². The first-order valence-corrected chi connectivity index (χ1v) is 8.95. The molecule has 1 aliphatic rings. The van der Waals surface area contributed by atoms with Crippen molar-refractivity contribution in [2.24, 2.45) is 17.3 Å². The third-order valence-electron chi connectivity index (χ3n) is 4.96. The molecule has 0 spiro atoms. The molecule has 1 aromatic rings. The highest BCUT2D eigenvalue weighted by Gasteiger charge is 2.33. The Labute approximate surface area is 133 Å². The third kappa shape index (κ3) is 3.58. The minimum absolute atomic E-state index is 0.461. The second-order valence-corrected chi connectivity index (χ2v) is 9.04. The van der Waals surface area contributed by atoms with Gasteiger partial charge in [0, 0.05) is 10.9 Å². The molecule has 1 atom stereocenters. The predicted octanol–water partition coefficient (Wildman–Crippen LogP) is 5.82. The topological polar surface area (TPSA) is 12.0 Å². The third-order valence-corrected chi connectivity index (χ3v) is 6.60. The van der Waals surface area contributed by atoms with Gasteiger partial charge in [-0.1, -0.05) is 32.4 Å². The summed E-state index contributed by atoms with van der Waals surface area (Å²) < 4.78 is 0.948. The van der Waals surface area contributed by atoms with E-state index in [2.05, 4.69) is 46.1 Å². The summed E-state index contributed by atoms with van der Waals surface area (Å²) in [5.41, 5.74) is 1.68. The average molecular weight is 314 g/mol. The van der Waals surface area contributed by atoms with Crippen molar-refractivity contribution in [3.8, 4) is 0 Å². The molecule has 3 heteroatoms. The summed E-state index contributed by atoms with van der Waals surface area (Å²) >= 11 is 7.99. The fourth-order valence-electron chi connectivity index (χ4n) is 3.57. The quantitative estimate of drug-likeness (QED) is 0.741. The van der Waals surface area contributed by atoms with Crippen LogP contribution in [0.2, 0.25) is 4.34 Å². The van der Waals surface area contributed by atoms with Crippen LogP contribution in [0.3, 0.4) is 0 Å². The molecule has 1 aromatic heterocycles. The van der Waals surface area contributed by atoms with E-state index in [-0.39, 0.29) is 0 Å². The van der Waals surface area contributed by atoms with Crippen molar-refractivity contribution in [3.63, 3.8) is 0 Å². The highest BCUT2D eigenvalue weighted by molar-refractivity contribution is 7.16. The number of rotatable bonds is 3. The van der Waals surface area contributed by atoms with Gasteiger partial charge in [0.25, 0.3) is 0 Å². The molecule has 1 N–H and O–H groups in total. The molecule has 0 aliphatic heterocycles. The minimum Gasteiger partial charge on any atom is -0.312 e. The van der Waals surface area contributed by atoms with Gasteiger partial charge in [0.15, 0.2) is 0 Å². The molecule has 114 valence electrons. The zero-order valence-electron chi connectivity index (χ0n) is 13.4. The molecule has 1 unspecified atom stereocenters. The molecular formula is C17H28ClNS. The van der Waals surface area contributed by atoms with Crippen molar-refractivity contribution in [2.75, 3.05) is 7.05 Å². The second-order valence-electron chi connectivity index (χ2n) is 7.35. The largest absolute Gasteiger partial charge is 0.312 e. The fourth-order valence-corrected chi connectivity index (χ4v) is 4.99. The first kappa shape index (κ1) is 16.3. The Morgan fingerprint density at radius 2 is 1.85 bits per heavy atom. The van der Waals surface area contributed by atoms with Gasteiger partial charge in [0.05, 0.1) is 4.34 Å². The molecule has 1 saturated carbocycles. The lowest BCUT2D eigenvalue weighted by Crippen LogP contribution is -2.31. The lowest BCUT2D eigenvalue weighted by atomic mass is 9.68. The average Bonchev–Trinajstić information content (AvgIpc) is 2.70. The number of nitrogens with one attached hydrogen (secondary N) is 1. The molecule has 0 amide bonds. The monoisotopic (exact) mass is 313 g/mol. The van der Waals surface area contributed by atoms with Crippen molar-refractivity contribution < 1.29 is 0 Å². The van der Waals surface area contributed by atoms with Crippen LogP contribution in [0.5, 0.6) is 0 Å². The second kappa shape index (κ2) is 6.37. The predicted molar refractivity (Wildman–Crippen MR) is 90.8 cm³/mol. The maximum Gasteiger partial charge on any atom is 0.0960 e. The van der Waals surface area contributed by atoms with Gasteiger partial charge >= 0.3 is 0 Å². The van der Waals surface area contributed by atoms with E-state index in [1.165, 1.54) is 36.1 Å². The van der Waals surface area contributed by atoms with Crippen LogP contribution in [0.4, 0.5) is 0 Å². The molecule has 20 heavy (non-hydrogen) atoms. The first-order valence-electron chi connectivity index (χ1n) is 7.76. The number of thiophene rings is 1. The smallest absolute Gasteiger partial charge is 0.0960 e. The van der Waals surface area contributed by atoms with Crippen LogP contribution >= 0.6 is 22.9 Å². The van der Waals surface area contributed by atoms with Crippen molar-refractivity contribution in [2.45, 2.75) is 59.4 Å². The molecule has 2 rings (SSSR count). The molecular weight excluding hydrogens is 286 g/mol. The lowest BCUT2D eigenvalue weighted by molar-refractivity contribution is 0.135. The Bertz CT molecular complexity index is 419. The van der Waals surface area contributed by atoms with Gasteiger partial charge in [0.2, 0.25) is 0 Å². The number of halogens is 1. The molecule has 0 aromatic carbocycles. The summed E-state index contributed by atoms with van der Waals surface area (Å²) in [6.07, 6.45) is 5.40. The standard InChI is InChI=1S/C17H28ClNS/c1-11-10-14(20-16(11)18)15(19-5)12-6-8-13(9-7-12)17(2,3)4/h10,12-13,15,19H,6-9H2,1-5H3. The summed E-state index contributed by atoms with van der Waals surface area (Å²) in [5.74, 6) is 1.64. The van der Waals surface area contributed by atoms with Gasteiger partial charge in [-0.05, 0) is 68.5 Å². The van der Waals surface area contributed by atoms with Gasteiger partial charge in [-0.15, -0.1) is 11.3 Å². The van der Waals surface area contributed by atoms with Crippen LogP contribution < -0.4 is 5.32 Å². The van der Waals surface area contributed by atoms with Gasteiger partial charge in [-0.2, -0.15) is 0 Å². The SMILES string of the molecule is CNC(c1cc(C)c(Cl)s1)C1CCC(C(C)(C)C)CC1. The molecule has 1 fully saturated rings. The van der Waals surface area contributed by atoms with Crippen LogP contribution in [-0.2, 0) is 0 Å². The van der Waals surface area contributed by atoms with Crippen molar-refractivity contribution >= 4 is 22.9 Å². The minimum atomic E-state index is 0.461. The Hall–Kier alpha value is -0.0500. The highest BCUT2D eigenvalue weighted by Crippen LogP contribution is 2.45. The summed E-state index contributed by atoms with van der Waals surface area (Å²) in [5, 5.41) is 3.53. The molecule has 0 saturated heterocycles. The van der Waals surface area contributed by atoms with E-state index in [4.69, 9.17) is 11.6 Å². The number of aryl methyl sites for hydroxylation is 1. The van der Waals surface area contributed by atoms with Gasteiger partial charge in [-0.25, -0.2) is 0 Å². The van der Waals surface area contributed by atoms with E-state index in [1.54, 1.807) is 11.3 Å². The zero-order valence-corrected chi connectivity index (χ0v) is 15.0. The van der Waals surface area contributed by atoms with Crippen molar-refractivity contribution in [3.05, 3.63) is 20.8 Å². The molecule has 0 bridgehead atoms. The van der Waals surface area contributed by atoms with Crippen molar-refractivity contribution in [1.82, 2.24) is 5.32 Å². The van der Waals surface area contributed by atoms with E-state index >= 15 is 0 Å². The van der Waals surface area contributed by atoms with Crippen LogP contribution in [0.1, 0.15) is 62.9 Å². The van der Waals surface area contributed by atoms with E-state index in [1.807, 2.05) is 0 Å². The maximum absolute atomic E-state index is 6.24. The van der Waals surface area contributed by atoms with E-state index in [0.717, 1.165) is 16.2 Å². The van der Waals surface area contributed by atoms with E-state index in [9.17, 15) is 0 Å². The molecule has 1 aliphatic carbocycles. The summed E-state index contributed by atoms with van der Waals surface area (Å²) in [6.45, 7) is 9.26. The van der Waals surface area contributed by atoms with Gasteiger partial charge < -0.3 is 5.32 Å². The molecule has 1 heterocycles. The lowest BCUT2D eigenvalue weighted by Gasteiger charge is -2.39. The summed E-state index contributed by atoms with van der Waals surface area (Å²) in [7, 11) is 2.09. The van der Waals surface area contributed by atoms with Crippen LogP contribution in [0.15, 0.2) is 6.07 Å². The Morgan fingerprint density at radius 3 is 2.25 bits per heavy atom. The summed E-state index contributed by atoms with van der Waals surface area (Å²) in [4.78, 5) is 1.41. The summed E-state index contributed by atoms with van der Waals surface area (Å²) in [6, 6.07) is 2.75. The number of hydrogen-bond donors (Lipinski definition) is 1. The Kier molecular flexibility index (Phi) is 5.20. The van der Waals surface area contributed by atoms with Crippen LogP contribution in [0.25, 0.3) is 0 Å². The van der Waals surface area contributed by atoms with Gasteiger partial charge in [0.1, 0.15) is 0 Å². The van der Waals surface area contributed by atoms with Crippen LogP contribution in [0, 0.1) is 24.2 Å². The maximum atomic E-state index is 6.24. The van der Waals surface area contributed by atoms with E-state index < -0.39 is 0 Å². The first-order chi connectivity index (χ1) is 9.32. The Morgan fingerprint density at radius 1 is 1.25 bits per heavy atom. The zero-order chi connectivity index (χ0) is 14.9. The van der Waals surface area contributed by atoms with E-state index in [0.29, 0.717) is 11.5 Å². The van der Waals surface area contributed by atoms with Gasteiger partial charge in [-0.3, -0.25) is 0 Å². The fraction of sp³-hybridized carbons (Fsp3) is 0.765. The Balaban J connectivity index is 2.04. The highest BCUT2D eigenvalue weighted by atomic mass is 35.5.